The molecule has 0 aliphatic carbocycles. The molecule has 2 aromatic rings. The Morgan fingerprint density at radius 3 is 2.70 bits per heavy atom. The van der Waals surface area contributed by atoms with Crippen molar-refractivity contribution in [1.29, 1.82) is 0 Å². The Hall–Kier alpha value is -1.89. The van der Waals surface area contributed by atoms with Crippen molar-refractivity contribution in [2.45, 2.75) is 37.1 Å². The lowest BCUT2D eigenvalue weighted by Gasteiger charge is -2.32. The van der Waals surface area contributed by atoms with Crippen LogP contribution in [0.3, 0.4) is 0 Å². The number of esters is 1. The number of benzene rings is 1. The number of carbonyl (C=O) groups is 1. The van der Waals surface area contributed by atoms with Crippen LogP contribution >= 0.6 is 11.8 Å². The summed E-state index contributed by atoms with van der Waals surface area (Å²) in [6, 6.07) is 1.84. The lowest BCUT2D eigenvalue weighted by atomic mass is 10.1. The summed E-state index contributed by atoms with van der Waals surface area (Å²) in [5.74, 6) is -2.84. The Bertz CT molecular complexity index is 863. The van der Waals surface area contributed by atoms with Gasteiger partial charge in [-0.05, 0) is 19.4 Å². The number of rotatable bonds is 4. The van der Waals surface area contributed by atoms with Gasteiger partial charge in [-0.15, -0.1) is 0 Å². The van der Waals surface area contributed by atoms with Crippen molar-refractivity contribution < 1.29 is 18.3 Å². The van der Waals surface area contributed by atoms with Gasteiger partial charge < -0.3 is 9.30 Å². The predicted octanol–water partition coefficient (Wildman–Crippen LogP) is 3.86. The summed E-state index contributed by atoms with van der Waals surface area (Å²) in [5, 5.41) is 0.366. The number of thioether (sulfide) groups is 1. The molecule has 0 saturated heterocycles. The van der Waals surface area contributed by atoms with E-state index in [1.54, 1.807) is 4.57 Å². The van der Waals surface area contributed by atoms with Crippen LogP contribution < -0.4 is 5.43 Å². The molecule has 1 atom stereocenters. The molecule has 0 amide bonds. The molecule has 1 unspecified atom stereocenters. The molecule has 0 saturated carbocycles. The van der Waals surface area contributed by atoms with Crippen molar-refractivity contribution >= 4 is 28.6 Å². The van der Waals surface area contributed by atoms with E-state index in [-0.39, 0.29) is 22.9 Å². The number of hydrogen-bond donors (Lipinski definition) is 0. The highest BCUT2D eigenvalue weighted by Crippen LogP contribution is 2.46. The minimum Gasteiger partial charge on any atom is -0.462 e. The van der Waals surface area contributed by atoms with Gasteiger partial charge in [0.15, 0.2) is 11.6 Å². The highest BCUT2D eigenvalue weighted by atomic mass is 32.2. The quantitative estimate of drug-likeness (QED) is 0.627. The standard InChI is InChI=1S/C16H15F2NO3S/c1-3-4-5-22-16(21)13-14(20)9-6-10(17)11(18)7-12(9)19-8(2)23-15(13)19/h6-8H,3-5H2,1-2H3. The predicted molar refractivity (Wildman–Crippen MR) is 83.9 cm³/mol. The van der Waals surface area contributed by atoms with Crippen molar-refractivity contribution in [2.75, 3.05) is 6.61 Å². The monoisotopic (exact) mass is 339 g/mol. The second-order valence-corrected chi connectivity index (χ2v) is 6.67. The van der Waals surface area contributed by atoms with Gasteiger partial charge in [0.05, 0.1) is 22.5 Å². The SMILES string of the molecule is CCCCOC(=O)c1c2n(c3cc(F)c(F)cc3c1=O)C(C)S2. The average molecular weight is 339 g/mol. The molecule has 122 valence electrons. The van der Waals surface area contributed by atoms with E-state index in [2.05, 4.69) is 0 Å². The molecular formula is C16H15F2NO3S. The number of carbonyl (C=O) groups excluding carboxylic acids is 1. The van der Waals surface area contributed by atoms with Crippen LogP contribution in [0.1, 0.15) is 42.4 Å². The minimum atomic E-state index is -1.11. The fourth-order valence-electron chi connectivity index (χ4n) is 2.58. The zero-order chi connectivity index (χ0) is 16.7. The van der Waals surface area contributed by atoms with Crippen LogP contribution in [0.25, 0.3) is 10.9 Å². The number of aromatic nitrogens is 1. The third-order valence-electron chi connectivity index (χ3n) is 3.78. The lowest BCUT2D eigenvalue weighted by Crippen LogP contribution is -2.29. The smallest absolute Gasteiger partial charge is 0.344 e. The first kappa shape index (κ1) is 16.0. The zero-order valence-corrected chi connectivity index (χ0v) is 13.5. The van der Waals surface area contributed by atoms with Crippen LogP contribution in [0.2, 0.25) is 0 Å². The van der Waals surface area contributed by atoms with Crippen molar-refractivity contribution in [2.24, 2.45) is 0 Å². The molecule has 23 heavy (non-hydrogen) atoms. The van der Waals surface area contributed by atoms with E-state index in [1.165, 1.54) is 11.8 Å². The average Bonchev–Trinajstić information content (AvgIpc) is 2.49. The molecule has 7 heteroatoms. The van der Waals surface area contributed by atoms with Crippen LogP contribution in [0.5, 0.6) is 0 Å². The highest BCUT2D eigenvalue weighted by molar-refractivity contribution is 8.00. The largest absolute Gasteiger partial charge is 0.462 e. The highest BCUT2D eigenvalue weighted by Gasteiger charge is 2.33. The molecule has 0 radical (unpaired) electrons. The summed E-state index contributed by atoms with van der Waals surface area (Å²) in [4.78, 5) is 24.8. The molecule has 0 spiro atoms. The third kappa shape index (κ3) is 2.52. The van der Waals surface area contributed by atoms with Crippen LogP contribution in [0.4, 0.5) is 8.78 Å². The molecular weight excluding hydrogens is 324 g/mol. The van der Waals surface area contributed by atoms with Crippen molar-refractivity contribution in [3.63, 3.8) is 0 Å². The molecule has 2 heterocycles. The molecule has 1 aromatic carbocycles. The van der Waals surface area contributed by atoms with Gasteiger partial charge in [-0.2, -0.15) is 0 Å². The van der Waals surface area contributed by atoms with Gasteiger partial charge in [-0.25, -0.2) is 13.6 Å². The Kier molecular flexibility index (Phi) is 4.14. The maximum Gasteiger partial charge on any atom is 0.344 e. The van der Waals surface area contributed by atoms with Crippen molar-refractivity contribution in [3.8, 4) is 0 Å². The second-order valence-electron chi connectivity index (χ2n) is 5.37. The van der Waals surface area contributed by atoms with E-state index >= 15 is 0 Å². The molecule has 0 N–H and O–H groups in total. The van der Waals surface area contributed by atoms with Gasteiger partial charge in [-0.1, -0.05) is 25.1 Å². The van der Waals surface area contributed by atoms with E-state index in [0.717, 1.165) is 18.6 Å². The summed E-state index contributed by atoms with van der Waals surface area (Å²) >= 11 is 1.33. The van der Waals surface area contributed by atoms with Crippen LogP contribution in [0, 0.1) is 11.6 Å². The molecule has 1 aromatic heterocycles. The normalized spacial score (nSPS) is 16.1. The van der Waals surface area contributed by atoms with Gasteiger partial charge in [0.25, 0.3) is 0 Å². The van der Waals surface area contributed by atoms with Gasteiger partial charge in [0, 0.05) is 11.5 Å². The molecule has 1 aliphatic rings. The Morgan fingerprint density at radius 1 is 1.35 bits per heavy atom. The number of ether oxygens (including phenoxy) is 1. The van der Waals surface area contributed by atoms with Gasteiger partial charge in [0.2, 0.25) is 5.43 Å². The summed E-state index contributed by atoms with van der Waals surface area (Å²) in [5.41, 5.74) is -0.422. The van der Waals surface area contributed by atoms with E-state index < -0.39 is 23.0 Å². The first-order valence-electron chi connectivity index (χ1n) is 7.36. The van der Waals surface area contributed by atoms with Gasteiger partial charge in [-0.3, -0.25) is 4.79 Å². The van der Waals surface area contributed by atoms with Crippen LogP contribution in [0.15, 0.2) is 22.0 Å². The van der Waals surface area contributed by atoms with Crippen molar-refractivity contribution in [3.05, 3.63) is 39.6 Å². The molecule has 0 fully saturated rings. The molecule has 0 bridgehead atoms. The van der Waals surface area contributed by atoms with Gasteiger partial charge >= 0.3 is 5.97 Å². The van der Waals surface area contributed by atoms with E-state index in [4.69, 9.17) is 4.74 Å². The molecule has 1 aliphatic heterocycles. The Morgan fingerprint density at radius 2 is 2.04 bits per heavy atom. The van der Waals surface area contributed by atoms with E-state index in [1.807, 2.05) is 13.8 Å². The number of nitrogens with zero attached hydrogens (tertiary/aromatic N) is 1. The lowest BCUT2D eigenvalue weighted by molar-refractivity contribution is 0.0491. The summed E-state index contributed by atoms with van der Waals surface area (Å²) in [6.07, 6.45) is 1.56. The zero-order valence-electron chi connectivity index (χ0n) is 12.7. The minimum absolute atomic E-state index is 0.0118. The van der Waals surface area contributed by atoms with E-state index in [0.29, 0.717) is 17.0 Å². The number of fused-ring (bicyclic) bond motifs is 3. The third-order valence-corrected chi connectivity index (χ3v) is 4.96. The summed E-state index contributed by atoms with van der Waals surface area (Å²) in [6.45, 7) is 4.04. The number of hydrogen-bond acceptors (Lipinski definition) is 4. The summed E-state index contributed by atoms with van der Waals surface area (Å²) in [7, 11) is 0. The number of unbranched alkanes of at least 4 members (excludes halogenated alkanes) is 1. The Labute approximate surface area is 135 Å². The fraction of sp³-hybridized carbons (Fsp3) is 0.375. The first-order chi connectivity index (χ1) is 11.0. The Balaban J connectivity index is 2.18. The van der Waals surface area contributed by atoms with Crippen LogP contribution in [-0.2, 0) is 4.74 Å². The number of halogens is 2. The molecule has 3 rings (SSSR count). The maximum atomic E-state index is 13.5. The maximum absolute atomic E-state index is 13.5. The molecule has 4 nitrogen and oxygen atoms in total. The van der Waals surface area contributed by atoms with Crippen LogP contribution in [-0.4, -0.2) is 17.1 Å². The summed E-state index contributed by atoms with van der Waals surface area (Å²) < 4.78 is 33.8. The fourth-order valence-corrected chi connectivity index (χ4v) is 3.73. The number of pyridine rings is 1. The van der Waals surface area contributed by atoms with E-state index in [9.17, 15) is 18.4 Å². The van der Waals surface area contributed by atoms with Crippen molar-refractivity contribution in [1.82, 2.24) is 4.57 Å². The second kappa shape index (κ2) is 5.96. The topological polar surface area (TPSA) is 48.3 Å². The van der Waals surface area contributed by atoms with Gasteiger partial charge in [0.1, 0.15) is 5.56 Å². The first-order valence-corrected chi connectivity index (χ1v) is 8.24.